The zero-order valence-electron chi connectivity index (χ0n) is 18.3. The number of benzene rings is 1. The van der Waals surface area contributed by atoms with Crippen LogP contribution >= 0.6 is 0 Å². The van der Waals surface area contributed by atoms with E-state index in [1.807, 2.05) is 51.1 Å². The summed E-state index contributed by atoms with van der Waals surface area (Å²) < 4.78 is 11.0. The Hall–Kier alpha value is -2.28. The first-order valence-electron chi connectivity index (χ1n) is 10.8. The molecular weight excluding hydrogens is 384 g/mol. The number of carbonyl (C=O) groups is 2. The molecule has 1 aromatic rings. The minimum Gasteiger partial charge on any atom is -0.445 e. The lowest BCUT2D eigenvalue weighted by molar-refractivity contribution is -0.0449. The number of rotatable bonds is 3. The van der Waals surface area contributed by atoms with Gasteiger partial charge in [0.25, 0.3) is 0 Å². The van der Waals surface area contributed by atoms with Gasteiger partial charge in [0.1, 0.15) is 12.2 Å². The van der Waals surface area contributed by atoms with Crippen molar-refractivity contribution in [1.29, 1.82) is 0 Å². The van der Waals surface area contributed by atoms with Gasteiger partial charge in [-0.1, -0.05) is 30.3 Å². The first-order valence-corrected chi connectivity index (χ1v) is 10.8. The number of aliphatic hydroxyl groups is 1. The van der Waals surface area contributed by atoms with E-state index in [9.17, 15) is 14.7 Å². The van der Waals surface area contributed by atoms with Crippen LogP contribution < -0.4 is 0 Å². The summed E-state index contributed by atoms with van der Waals surface area (Å²) in [6.07, 6.45) is 1.81. The Kier molecular flexibility index (Phi) is 6.91. The Morgan fingerprint density at radius 2 is 1.63 bits per heavy atom. The van der Waals surface area contributed by atoms with Gasteiger partial charge in [-0.15, -0.1) is 0 Å². The summed E-state index contributed by atoms with van der Waals surface area (Å²) in [7, 11) is 0. The molecule has 7 nitrogen and oxygen atoms in total. The van der Waals surface area contributed by atoms with E-state index in [2.05, 4.69) is 0 Å². The van der Waals surface area contributed by atoms with Gasteiger partial charge in [0, 0.05) is 38.7 Å². The molecule has 2 heterocycles. The number of hydrogen-bond donors (Lipinski definition) is 1. The molecule has 2 amide bonds. The predicted octanol–water partition coefficient (Wildman–Crippen LogP) is 3.65. The number of hydrogen-bond acceptors (Lipinski definition) is 5. The molecule has 1 unspecified atom stereocenters. The van der Waals surface area contributed by atoms with Crippen molar-refractivity contribution in [2.75, 3.05) is 32.8 Å². The molecule has 1 aromatic carbocycles. The molecule has 2 aliphatic heterocycles. The number of carbonyl (C=O) groups excluding carboxylic acids is 2. The number of amides is 2. The van der Waals surface area contributed by atoms with Crippen LogP contribution in [0, 0.1) is 11.3 Å². The van der Waals surface area contributed by atoms with E-state index in [0.717, 1.165) is 24.8 Å². The zero-order valence-corrected chi connectivity index (χ0v) is 18.3. The van der Waals surface area contributed by atoms with Crippen LogP contribution in [0.1, 0.15) is 45.6 Å². The van der Waals surface area contributed by atoms with E-state index in [1.54, 1.807) is 9.80 Å². The van der Waals surface area contributed by atoms with Crippen molar-refractivity contribution in [3.8, 4) is 0 Å². The molecule has 2 aliphatic rings. The van der Waals surface area contributed by atoms with Crippen LogP contribution in [0.15, 0.2) is 30.3 Å². The van der Waals surface area contributed by atoms with E-state index in [1.165, 1.54) is 0 Å². The third kappa shape index (κ3) is 5.45. The second-order valence-electron chi connectivity index (χ2n) is 9.45. The number of aliphatic hydroxyl groups excluding tert-OH is 1. The molecule has 0 aliphatic carbocycles. The minimum atomic E-state index is -0.509. The fraction of sp³-hybridized carbons (Fsp3) is 0.652. The average Bonchev–Trinajstić information content (AvgIpc) is 2.72. The number of likely N-dealkylation sites (tertiary alicyclic amines) is 2. The smallest absolute Gasteiger partial charge is 0.410 e. The Bertz CT molecular complexity index is 723. The van der Waals surface area contributed by atoms with Gasteiger partial charge in [-0.05, 0) is 51.0 Å². The number of nitrogens with zero attached hydrogens (tertiary/aromatic N) is 2. The molecule has 30 heavy (non-hydrogen) atoms. The van der Waals surface area contributed by atoms with Crippen LogP contribution in [0.3, 0.4) is 0 Å². The number of ether oxygens (including phenoxy) is 2. The van der Waals surface area contributed by atoms with Crippen LogP contribution in [-0.4, -0.2) is 65.5 Å². The number of piperidine rings is 2. The van der Waals surface area contributed by atoms with Crippen LogP contribution in [0.2, 0.25) is 0 Å². The van der Waals surface area contributed by atoms with Gasteiger partial charge >= 0.3 is 12.2 Å². The van der Waals surface area contributed by atoms with Crippen molar-refractivity contribution >= 4 is 12.2 Å². The maximum atomic E-state index is 12.5. The van der Waals surface area contributed by atoms with Crippen molar-refractivity contribution in [1.82, 2.24) is 9.80 Å². The maximum Gasteiger partial charge on any atom is 0.410 e. The van der Waals surface area contributed by atoms with Gasteiger partial charge in [-0.2, -0.15) is 0 Å². The first-order chi connectivity index (χ1) is 14.2. The Balaban J connectivity index is 1.53. The second kappa shape index (κ2) is 9.25. The summed E-state index contributed by atoms with van der Waals surface area (Å²) in [6, 6.07) is 9.61. The minimum absolute atomic E-state index is 0.0173. The summed E-state index contributed by atoms with van der Waals surface area (Å²) in [5.41, 5.74) is 0.391. The van der Waals surface area contributed by atoms with Crippen LogP contribution in [0.25, 0.3) is 0 Å². The summed E-state index contributed by atoms with van der Waals surface area (Å²) in [5.74, 6) is -0.0173. The zero-order chi connectivity index (χ0) is 21.8. The fourth-order valence-corrected chi connectivity index (χ4v) is 4.46. The lowest BCUT2D eigenvalue weighted by atomic mass is 9.65. The maximum absolute atomic E-state index is 12.5. The molecule has 0 bridgehead atoms. The summed E-state index contributed by atoms with van der Waals surface area (Å²) in [4.78, 5) is 28.3. The topological polar surface area (TPSA) is 79.3 Å². The van der Waals surface area contributed by atoms with Crippen LogP contribution in [-0.2, 0) is 16.1 Å². The van der Waals surface area contributed by atoms with E-state index in [4.69, 9.17) is 9.47 Å². The normalized spacial score (nSPS) is 21.4. The molecule has 3 rings (SSSR count). The highest BCUT2D eigenvalue weighted by molar-refractivity contribution is 5.68. The molecular formula is C23H34N2O5. The van der Waals surface area contributed by atoms with Gasteiger partial charge in [0.05, 0.1) is 0 Å². The summed E-state index contributed by atoms with van der Waals surface area (Å²) in [6.45, 7) is 8.19. The molecule has 1 N–H and O–H groups in total. The Morgan fingerprint density at radius 3 is 2.20 bits per heavy atom. The van der Waals surface area contributed by atoms with Gasteiger partial charge in [-0.25, -0.2) is 9.59 Å². The summed E-state index contributed by atoms with van der Waals surface area (Å²) >= 11 is 0. The quantitative estimate of drug-likeness (QED) is 0.810. The predicted molar refractivity (Wildman–Crippen MR) is 113 cm³/mol. The van der Waals surface area contributed by atoms with Crippen molar-refractivity contribution < 1.29 is 24.2 Å². The lowest BCUT2D eigenvalue weighted by Gasteiger charge is -2.51. The van der Waals surface area contributed by atoms with Gasteiger partial charge < -0.3 is 24.4 Å². The Morgan fingerprint density at radius 1 is 1.03 bits per heavy atom. The fourth-order valence-electron chi connectivity index (χ4n) is 4.46. The van der Waals surface area contributed by atoms with Gasteiger partial charge in [0.2, 0.25) is 0 Å². The largest absolute Gasteiger partial charge is 0.445 e. The lowest BCUT2D eigenvalue weighted by Crippen LogP contribution is -2.55. The average molecular weight is 419 g/mol. The standard InChI is InChI=1S/C23H34N2O5/c1-22(2,3)30-21(28)24-12-9-23(10-13-24)11-14-25(15-19(23)16-26)20(27)29-17-18-7-5-4-6-8-18/h4-8,19,26H,9-17H2,1-3H3. The van der Waals surface area contributed by atoms with E-state index < -0.39 is 5.60 Å². The molecule has 0 radical (unpaired) electrons. The monoisotopic (exact) mass is 418 g/mol. The Labute approximate surface area is 178 Å². The van der Waals surface area contributed by atoms with Crippen LogP contribution in [0.4, 0.5) is 9.59 Å². The first kappa shape index (κ1) is 22.4. The highest BCUT2D eigenvalue weighted by atomic mass is 16.6. The van der Waals surface area contributed by atoms with Crippen molar-refractivity contribution in [3.05, 3.63) is 35.9 Å². The molecule has 1 atom stereocenters. The van der Waals surface area contributed by atoms with E-state index in [-0.39, 0.29) is 36.7 Å². The molecule has 166 valence electrons. The third-order valence-electron chi connectivity index (χ3n) is 6.28. The highest BCUT2D eigenvalue weighted by Crippen LogP contribution is 2.45. The van der Waals surface area contributed by atoms with Crippen LogP contribution in [0.5, 0.6) is 0 Å². The molecule has 0 aromatic heterocycles. The summed E-state index contributed by atoms with van der Waals surface area (Å²) in [5, 5.41) is 10.1. The SMILES string of the molecule is CC(C)(C)OC(=O)N1CCC2(CCN(C(=O)OCc3ccccc3)CC2CO)CC1. The van der Waals surface area contributed by atoms with Gasteiger partial charge in [0.15, 0.2) is 0 Å². The molecule has 2 fully saturated rings. The van der Waals surface area contributed by atoms with Crippen molar-refractivity contribution in [2.24, 2.45) is 11.3 Å². The highest BCUT2D eigenvalue weighted by Gasteiger charge is 2.46. The van der Waals surface area contributed by atoms with E-state index in [0.29, 0.717) is 26.2 Å². The van der Waals surface area contributed by atoms with Crippen molar-refractivity contribution in [3.63, 3.8) is 0 Å². The molecule has 7 heteroatoms. The second-order valence-corrected chi connectivity index (χ2v) is 9.45. The molecule has 1 spiro atoms. The molecule has 2 saturated heterocycles. The molecule has 0 saturated carbocycles. The van der Waals surface area contributed by atoms with E-state index >= 15 is 0 Å². The van der Waals surface area contributed by atoms with Gasteiger partial charge in [-0.3, -0.25) is 0 Å². The van der Waals surface area contributed by atoms with Crippen molar-refractivity contribution in [2.45, 2.75) is 52.2 Å². The third-order valence-corrected chi connectivity index (χ3v) is 6.28.